The monoisotopic (exact) mass is 513 g/mol. The van der Waals surface area contributed by atoms with Crippen LogP contribution < -0.4 is 10.6 Å². The summed E-state index contributed by atoms with van der Waals surface area (Å²) in [5.41, 5.74) is 0.0964. The Morgan fingerprint density at radius 2 is 1.77 bits per heavy atom. The molecule has 1 aromatic rings. The molecule has 0 saturated heterocycles. The maximum absolute atomic E-state index is 13.7. The first kappa shape index (κ1) is 29.2. The third-order valence-electron chi connectivity index (χ3n) is 6.67. The Bertz CT molecular complexity index is 887. The van der Waals surface area contributed by atoms with Crippen LogP contribution in [0.25, 0.3) is 0 Å². The fourth-order valence-corrected chi connectivity index (χ4v) is 4.50. The van der Waals surface area contributed by atoms with Gasteiger partial charge in [0.25, 0.3) is 0 Å². The van der Waals surface area contributed by atoms with Gasteiger partial charge in [-0.05, 0) is 75.4 Å². The van der Waals surface area contributed by atoms with E-state index in [1.165, 1.54) is 0 Å². The van der Waals surface area contributed by atoms with Crippen molar-refractivity contribution in [1.82, 2.24) is 10.3 Å². The zero-order valence-corrected chi connectivity index (χ0v) is 23.3. The maximum atomic E-state index is 13.7. The topological polar surface area (TPSA) is 89.5 Å². The smallest absolute Gasteiger partial charge is 0.408 e. The molecule has 0 radical (unpaired) electrons. The fraction of sp³-hybridized carbons (Fsp3) is 0.720. The van der Waals surface area contributed by atoms with E-state index in [9.17, 15) is 18.4 Å². The number of pyridine rings is 1. The van der Waals surface area contributed by atoms with Gasteiger partial charge in [0.05, 0.1) is 6.61 Å². The number of rotatable bonds is 7. The lowest BCUT2D eigenvalue weighted by atomic mass is 9.81. The summed E-state index contributed by atoms with van der Waals surface area (Å²) in [6.45, 7) is 16.3. The van der Waals surface area contributed by atoms with Gasteiger partial charge in [-0.2, -0.15) is 0 Å². The number of nitrogens with one attached hydrogen (secondary N) is 2. The molecule has 1 atom stereocenters. The first-order chi connectivity index (χ1) is 15.9. The second-order valence-corrected chi connectivity index (χ2v) is 16.7. The molecule has 2 N–H and O–H groups in total. The van der Waals surface area contributed by atoms with Gasteiger partial charge in [0, 0.05) is 19.0 Å². The molecule has 2 rings (SSSR count). The molecule has 0 spiro atoms. The van der Waals surface area contributed by atoms with E-state index in [1.807, 2.05) is 6.07 Å². The van der Waals surface area contributed by atoms with Crippen molar-refractivity contribution in [3.8, 4) is 0 Å². The Kier molecular flexibility index (Phi) is 9.08. The van der Waals surface area contributed by atoms with Crippen LogP contribution in [0.2, 0.25) is 18.1 Å². The molecule has 10 heteroatoms. The molecular weight excluding hydrogens is 472 g/mol. The van der Waals surface area contributed by atoms with Crippen molar-refractivity contribution in [3.63, 3.8) is 0 Å². The maximum Gasteiger partial charge on any atom is 0.408 e. The van der Waals surface area contributed by atoms with Gasteiger partial charge in [-0.15, -0.1) is 0 Å². The number of hydrogen-bond acceptors (Lipinski definition) is 5. The molecule has 1 aliphatic rings. The van der Waals surface area contributed by atoms with Gasteiger partial charge >= 0.3 is 6.09 Å². The Hall–Kier alpha value is -2.07. The summed E-state index contributed by atoms with van der Waals surface area (Å²) in [5, 5.41) is 5.41. The number of carbonyl (C=O) groups is 2. The van der Waals surface area contributed by atoms with Gasteiger partial charge in [-0.3, -0.25) is 4.79 Å². The molecule has 0 aromatic carbocycles. The van der Waals surface area contributed by atoms with E-state index >= 15 is 0 Å². The second-order valence-electron chi connectivity index (χ2n) is 11.9. The predicted molar refractivity (Wildman–Crippen MR) is 135 cm³/mol. The normalized spacial score (nSPS) is 18.0. The van der Waals surface area contributed by atoms with Crippen LogP contribution in [0, 0.1) is 5.92 Å². The van der Waals surface area contributed by atoms with Crippen LogP contribution in [-0.2, 0) is 20.6 Å². The summed E-state index contributed by atoms with van der Waals surface area (Å²) in [6, 6.07) is 2.53. The summed E-state index contributed by atoms with van der Waals surface area (Å²) in [5.74, 6) is -3.39. The predicted octanol–water partition coefficient (Wildman–Crippen LogP) is 6.26. The number of amides is 2. The summed E-state index contributed by atoms with van der Waals surface area (Å²) >= 11 is 0. The number of halogens is 2. The first-order valence-electron chi connectivity index (χ1n) is 12.2. The Morgan fingerprint density at radius 1 is 1.17 bits per heavy atom. The van der Waals surface area contributed by atoms with Crippen molar-refractivity contribution in [2.75, 3.05) is 5.32 Å². The average Bonchev–Trinajstić information content (AvgIpc) is 2.69. The van der Waals surface area contributed by atoms with Crippen molar-refractivity contribution < 1.29 is 27.5 Å². The lowest BCUT2D eigenvalue weighted by Gasteiger charge is -2.36. The minimum atomic E-state index is -2.75. The van der Waals surface area contributed by atoms with Crippen molar-refractivity contribution in [2.24, 2.45) is 5.92 Å². The molecule has 1 aliphatic carbocycles. The third-order valence-corrected chi connectivity index (χ3v) is 11.1. The zero-order valence-electron chi connectivity index (χ0n) is 22.3. The number of nitrogens with zero attached hydrogens (tertiary/aromatic N) is 1. The van der Waals surface area contributed by atoms with Gasteiger partial charge in [-0.25, -0.2) is 18.6 Å². The summed E-state index contributed by atoms with van der Waals surface area (Å²) in [4.78, 5) is 29.8. The molecule has 1 saturated carbocycles. The number of carbonyl (C=O) groups excluding carboxylic acids is 2. The van der Waals surface area contributed by atoms with Crippen LogP contribution in [-0.4, -0.2) is 42.9 Å². The highest BCUT2D eigenvalue weighted by molar-refractivity contribution is 6.74. The molecule has 2 amide bonds. The lowest BCUT2D eigenvalue weighted by molar-refractivity contribution is -0.121. The Balaban J connectivity index is 2.13. The second kappa shape index (κ2) is 10.9. The highest BCUT2D eigenvalue weighted by Crippen LogP contribution is 2.38. The molecular formula is C25H41F2N3O4Si. The SMILES string of the molecule is CC(C)(C)OC(=O)NC(C(=O)Nc1cc(CO[Si](C)(C)C(C)(C)C)ccn1)C1CCC(F)(F)CC1. The minimum absolute atomic E-state index is 0.0639. The fourth-order valence-electron chi connectivity index (χ4n) is 3.54. The molecule has 1 aromatic heterocycles. The van der Waals surface area contributed by atoms with Crippen molar-refractivity contribution >= 4 is 26.1 Å². The number of hydrogen-bond donors (Lipinski definition) is 2. The van der Waals surface area contributed by atoms with Crippen molar-refractivity contribution in [3.05, 3.63) is 23.9 Å². The number of ether oxygens (including phenoxy) is 1. The van der Waals surface area contributed by atoms with E-state index < -0.39 is 43.8 Å². The number of alkyl carbamates (subject to hydrolysis) is 1. The summed E-state index contributed by atoms with van der Waals surface area (Å²) in [7, 11) is -1.96. The standard InChI is InChI=1S/C25H41F2N3O4Si/c1-23(2,3)34-22(32)30-20(18-9-12-25(26,27)13-10-18)21(31)29-19-15-17(11-14-28-19)16-33-35(7,8)24(4,5)6/h11,14-15,18,20H,9-10,12-13,16H2,1-8H3,(H,30,32)(H,28,29,31). The van der Waals surface area contributed by atoms with Gasteiger partial charge in [0.2, 0.25) is 11.8 Å². The average molecular weight is 514 g/mol. The van der Waals surface area contributed by atoms with E-state index in [1.54, 1.807) is 33.0 Å². The van der Waals surface area contributed by atoms with E-state index in [4.69, 9.17) is 9.16 Å². The third kappa shape index (κ3) is 9.14. The van der Waals surface area contributed by atoms with Crippen molar-refractivity contribution in [2.45, 2.75) is 110 Å². The molecule has 1 heterocycles. The molecule has 0 bridgehead atoms. The van der Waals surface area contributed by atoms with E-state index in [0.717, 1.165) is 5.56 Å². The van der Waals surface area contributed by atoms with Crippen LogP contribution in [0.4, 0.5) is 19.4 Å². The lowest BCUT2D eigenvalue weighted by Crippen LogP contribution is -2.51. The summed E-state index contributed by atoms with van der Waals surface area (Å²) in [6.07, 6.45) is 0.409. The zero-order chi connectivity index (χ0) is 26.7. The number of anilines is 1. The van der Waals surface area contributed by atoms with E-state index in [-0.39, 0.29) is 30.7 Å². The highest BCUT2D eigenvalue weighted by Gasteiger charge is 2.41. The number of alkyl halides is 2. The van der Waals surface area contributed by atoms with E-state index in [0.29, 0.717) is 12.4 Å². The molecule has 7 nitrogen and oxygen atoms in total. The molecule has 1 fully saturated rings. The van der Waals surface area contributed by atoms with Gasteiger partial charge in [-0.1, -0.05) is 20.8 Å². The largest absolute Gasteiger partial charge is 0.444 e. The minimum Gasteiger partial charge on any atom is -0.444 e. The molecule has 1 unspecified atom stereocenters. The van der Waals surface area contributed by atoms with E-state index in [2.05, 4.69) is 49.5 Å². The molecule has 0 aliphatic heterocycles. The Morgan fingerprint density at radius 3 is 2.31 bits per heavy atom. The molecule has 198 valence electrons. The van der Waals surface area contributed by atoms with Gasteiger partial charge < -0.3 is 19.8 Å². The Labute approximate surface area is 208 Å². The first-order valence-corrected chi connectivity index (χ1v) is 15.1. The van der Waals surface area contributed by atoms with Crippen molar-refractivity contribution in [1.29, 1.82) is 0 Å². The van der Waals surface area contributed by atoms with Crippen LogP contribution >= 0.6 is 0 Å². The van der Waals surface area contributed by atoms with Crippen LogP contribution in [0.15, 0.2) is 18.3 Å². The van der Waals surface area contributed by atoms with Crippen LogP contribution in [0.5, 0.6) is 0 Å². The van der Waals surface area contributed by atoms with Gasteiger partial charge in [0.15, 0.2) is 8.32 Å². The highest BCUT2D eigenvalue weighted by atomic mass is 28.4. The van der Waals surface area contributed by atoms with Gasteiger partial charge in [0.1, 0.15) is 17.5 Å². The molecule has 35 heavy (non-hydrogen) atoms. The quantitative estimate of drug-likeness (QED) is 0.420. The van der Waals surface area contributed by atoms with Crippen LogP contribution in [0.3, 0.4) is 0 Å². The van der Waals surface area contributed by atoms with Crippen LogP contribution in [0.1, 0.15) is 72.8 Å². The number of aromatic nitrogens is 1. The summed E-state index contributed by atoms with van der Waals surface area (Å²) < 4.78 is 39.0.